The summed E-state index contributed by atoms with van der Waals surface area (Å²) in [6.07, 6.45) is 2.61. The van der Waals surface area contributed by atoms with Crippen molar-refractivity contribution in [3.63, 3.8) is 0 Å². The summed E-state index contributed by atoms with van der Waals surface area (Å²) < 4.78 is 13.6. The van der Waals surface area contributed by atoms with Crippen LogP contribution in [0.5, 0.6) is 0 Å². The normalized spacial score (nSPS) is 28.6. The first-order valence-electron chi connectivity index (χ1n) is 10.3. The summed E-state index contributed by atoms with van der Waals surface area (Å²) >= 11 is 0. The molecule has 29 heavy (non-hydrogen) atoms. The molecule has 3 saturated heterocycles. The van der Waals surface area contributed by atoms with E-state index in [-0.39, 0.29) is 41.9 Å². The molecule has 0 saturated carbocycles. The van der Waals surface area contributed by atoms with Gasteiger partial charge in [0.05, 0.1) is 24.2 Å². The highest BCUT2D eigenvalue weighted by atomic mass is 19.1. The lowest BCUT2D eigenvalue weighted by Crippen LogP contribution is -2.54. The summed E-state index contributed by atoms with van der Waals surface area (Å²) in [6.45, 7) is 8.24. The van der Waals surface area contributed by atoms with Crippen molar-refractivity contribution in [3.8, 4) is 6.07 Å². The smallest absolute Gasteiger partial charge is 0.240 e. The van der Waals surface area contributed by atoms with Gasteiger partial charge in [0, 0.05) is 31.4 Å². The van der Waals surface area contributed by atoms with Crippen LogP contribution in [-0.2, 0) is 4.79 Å². The molecule has 0 aromatic heterocycles. The molecule has 3 aliphatic rings. The van der Waals surface area contributed by atoms with Crippen molar-refractivity contribution in [3.05, 3.63) is 47.9 Å². The number of likely N-dealkylation sites (tertiary alicyclic amines) is 3. The molecule has 4 rings (SSSR count). The summed E-state index contributed by atoms with van der Waals surface area (Å²) in [5.41, 5.74) is 8.02. The Morgan fingerprint density at radius 1 is 1.48 bits per heavy atom. The number of hydrogen-bond acceptors (Lipinski definition) is 5. The second kappa shape index (κ2) is 7.77. The van der Waals surface area contributed by atoms with Gasteiger partial charge in [0.15, 0.2) is 0 Å². The Bertz CT molecular complexity index is 852. The number of benzene rings is 1. The standard InChI is InChI=1S/C22H28FN5O/c1-14(16-5-3-6-17(23)9-16)28-19-10-21(22(28)29)26(12-19)13-20(25)15(2)27-8-4-7-18(27)11-24/h3,5-6,9,14,18-21H,2,4,7-8,10,12-13,25H2,1H3/t14-,18?,19?,20-,21?/m0/s1. The van der Waals surface area contributed by atoms with Gasteiger partial charge in [-0.15, -0.1) is 0 Å². The number of carbonyl (C=O) groups excluding carboxylic acids is 1. The molecule has 0 radical (unpaired) electrons. The van der Waals surface area contributed by atoms with Gasteiger partial charge in [0.1, 0.15) is 11.9 Å². The molecule has 3 heterocycles. The van der Waals surface area contributed by atoms with Crippen molar-refractivity contribution >= 4 is 5.91 Å². The lowest BCUT2D eigenvalue weighted by Gasteiger charge is -2.39. The van der Waals surface area contributed by atoms with Crippen LogP contribution in [-0.4, -0.2) is 64.4 Å². The van der Waals surface area contributed by atoms with Crippen LogP contribution in [0.1, 0.15) is 37.8 Å². The van der Waals surface area contributed by atoms with Crippen LogP contribution in [0.4, 0.5) is 4.39 Å². The molecule has 0 spiro atoms. The van der Waals surface area contributed by atoms with Gasteiger partial charge in [-0.05, 0) is 43.9 Å². The molecule has 3 fully saturated rings. The highest BCUT2D eigenvalue weighted by molar-refractivity contribution is 5.86. The summed E-state index contributed by atoms with van der Waals surface area (Å²) in [5.74, 6) is -0.193. The minimum atomic E-state index is -0.301. The minimum Gasteiger partial charge on any atom is -0.358 e. The van der Waals surface area contributed by atoms with Gasteiger partial charge in [0.2, 0.25) is 5.91 Å². The molecule has 3 unspecified atom stereocenters. The molecule has 2 N–H and O–H groups in total. The van der Waals surface area contributed by atoms with Crippen LogP contribution >= 0.6 is 0 Å². The third-order valence-electron chi connectivity index (χ3n) is 6.69. The van der Waals surface area contributed by atoms with Crippen LogP contribution in [0.2, 0.25) is 0 Å². The van der Waals surface area contributed by atoms with Crippen molar-refractivity contribution in [2.45, 2.75) is 56.4 Å². The average molecular weight is 397 g/mol. The number of carbonyl (C=O) groups is 1. The van der Waals surface area contributed by atoms with E-state index < -0.39 is 0 Å². The van der Waals surface area contributed by atoms with E-state index in [0.29, 0.717) is 6.54 Å². The Kier molecular flexibility index (Phi) is 5.32. The van der Waals surface area contributed by atoms with E-state index >= 15 is 0 Å². The molecule has 6 nitrogen and oxygen atoms in total. The zero-order chi connectivity index (χ0) is 20.7. The van der Waals surface area contributed by atoms with Crippen molar-refractivity contribution < 1.29 is 9.18 Å². The van der Waals surface area contributed by atoms with Gasteiger partial charge in [-0.1, -0.05) is 18.7 Å². The van der Waals surface area contributed by atoms with Crippen LogP contribution in [0.25, 0.3) is 0 Å². The molecule has 7 heteroatoms. The van der Waals surface area contributed by atoms with Gasteiger partial charge < -0.3 is 15.5 Å². The number of hydrogen-bond donors (Lipinski definition) is 1. The fourth-order valence-electron chi connectivity index (χ4n) is 5.14. The van der Waals surface area contributed by atoms with E-state index in [4.69, 9.17) is 5.73 Å². The van der Waals surface area contributed by atoms with E-state index in [1.807, 2.05) is 22.8 Å². The predicted molar refractivity (Wildman–Crippen MR) is 108 cm³/mol. The summed E-state index contributed by atoms with van der Waals surface area (Å²) in [4.78, 5) is 19.1. The van der Waals surface area contributed by atoms with Crippen LogP contribution in [0.3, 0.4) is 0 Å². The fraction of sp³-hybridized carbons (Fsp3) is 0.545. The quantitative estimate of drug-likeness (QED) is 0.795. The third-order valence-corrected chi connectivity index (χ3v) is 6.69. The monoisotopic (exact) mass is 397 g/mol. The predicted octanol–water partition coefficient (Wildman–Crippen LogP) is 2.00. The molecular weight excluding hydrogens is 369 g/mol. The van der Waals surface area contributed by atoms with Crippen molar-refractivity contribution in [1.82, 2.24) is 14.7 Å². The Balaban J connectivity index is 1.40. The second-order valence-electron chi connectivity index (χ2n) is 8.41. The number of piperazine rings is 1. The molecule has 154 valence electrons. The number of nitriles is 1. The minimum absolute atomic E-state index is 0.0897. The van der Waals surface area contributed by atoms with Crippen LogP contribution < -0.4 is 5.73 Å². The summed E-state index contributed by atoms with van der Waals surface area (Å²) in [7, 11) is 0. The molecule has 5 atom stereocenters. The van der Waals surface area contributed by atoms with E-state index in [9.17, 15) is 14.4 Å². The van der Waals surface area contributed by atoms with Crippen molar-refractivity contribution in [2.24, 2.45) is 5.73 Å². The van der Waals surface area contributed by atoms with Gasteiger partial charge in [-0.2, -0.15) is 5.26 Å². The van der Waals surface area contributed by atoms with Gasteiger partial charge >= 0.3 is 0 Å². The molecular formula is C22H28FN5O. The van der Waals surface area contributed by atoms with E-state index in [1.165, 1.54) is 12.1 Å². The zero-order valence-corrected chi connectivity index (χ0v) is 16.8. The topological polar surface area (TPSA) is 76.6 Å². The lowest BCUT2D eigenvalue weighted by molar-refractivity contribution is -0.139. The molecule has 1 aromatic carbocycles. The number of amides is 1. The Labute approximate surface area is 171 Å². The zero-order valence-electron chi connectivity index (χ0n) is 16.8. The van der Waals surface area contributed by atoms with E-state index in [1.54, 1.807) is 6.07 Å². The van der Waals surface area contributed by atoms with Crippen molar-refractivity contribution in [2.75, 3.05) is 19.6 Å². The van der Waals surface area contributed by atoms with Crippen LogP contribution in [0.15, 0.2) is 36.5 Å². The lowest BCUT2D eigenvalue weighted by atomic mass is 10.1. The Morgan fingerprint density at radius 3 is 2.97 bits per heavy atom. The maximum absolute atomic E-state index is 13.6. The first-order chi connectivity index (χ1) is 13.9. The Morgan fingerprint density at radius 2 is 2.28 bits per heavy atom. The number of nitrogens with two attached hydrogens (primary N) is 1. The second-order valence-corrected chi connectivity index (χ2v) is 8.41. The largest absolute Gasteiger partial charge is 0.358 e. The molecule has 3 aliphatic heterocycles. The van der Waals surface area contributed by atoms with Gasteiger partial charge in [-0.3, -0.25) is 9.69 Å². The average Bonchev–Trinajstić information content (AvgIpc) is 3.41. The highest BCUT2D eigenvalue weighted by Gasteiger charge is 2.51. The number of fused-ring (bicyclic) bond motifs is 2. The maximum Gasteiger partial charge on any atom is 0.240 e. The van der Waals surface area contributed by atoms with E-state index in [2.05, 4.69) is 17.5 Å². The number of rotatable bonds is 6. The number of halogens is 1. The fourth-order valence-corrected chi connectivity index (χ4v) is 5.14. The van der Waals surface area contributed by atoms with Gasteiger partial charge in [-0.25, -0.2) is 4.39 Å². The number of nitrogens with zero attached hydrogens (tertiary/aromatic N) is 4. The third kappa shape index (κ3) is 3.52. The molecule has 1 amide bonds. The SMILES string of the molecule is C=C([C@@H](N)CN1CC2CC1C(=O)N2[C@@H](C)c1cccc(F)c1)N1CCCC1C#N. The van der Waals surface area contributed by atoms with Crippen LogP contribution in [0, 0.1) is 17.1 Å². The molecule has 0 aliphatic carbocycles. The molecule has 1 aromatic rings. The molecule has 2 bridgehead atoms. The first-order valence-corrected chi connectivity index (χ1v) is 10.3. The van der Waals surface area contributed by atoms with Gasteiger partial charge in [0.25, 0.3) is 0 Å². The Hall–Kier alpha value is -2.43. The summed E-state index contributed by atoms with van der Waals surface area (Å²) in [6, 6.07) is 8.13. The van der Waals surface area contributed by atoms with E-state index in [0.717, 1.165) is 43.6 Å². The summed E-state index contributed by atoms with van der Waals surface area (Å²) in [5, 5.41) is 9.31. The first kappa shape index (κ1) is 19.9. The van der Waals surface area contributed by atoms with Crippen molar-refractivity contribution in [1.29, 1.82) is 5.26 Å². The highest BCUT2D eigenvalue weighted by Crippen LogP contribution is 2.38. The maximum atomic E-state index is 13.6.